The van der Waals surface area contributed by atoms with E-state index in [4.69, 9.17) is 11.6 Å². The molecule has 0 fully saturated rings. The summed E-state index contributed by atoms with van der Waals surface area (Å²) in [6.07, 6.45) is 0. The maximum absolute atomic E-state index is 13.7. The average Bonchev–Trinajstić information content (AvgIpc) is 2.36. The minimum Gasteiger partial charge on any atom is -0.376 e. The first-order chi connectivity index (χ1) is 8.97. The van der Waals surface area contributed by atoms with Gasteiger partial charge in [0.15, 0.2) is 0 Å². The van der Waals surface area contributed by atoms with Crippen molar-refractivity contribution in [3.63, 3.8) is 0 Å². The summed E-state index contributed by atoms with van der Waals surface area (Å²) in [6.45, 7) is 1.76. The number of halogens is 4. The molecule has 0 saturated heterocycles. The fraction of sp³-hybridized carbons (Fsp3) is 0.143. The highest BCUT2D eigenvalue weighted by Crippen LogP contribution is 2.27. The van der Waals surface area contributed by atoms with Crippen LogP contribution in [0.25, 0.3) is 0 Å². The second-order valence-electron chi connectivity index (χ2n) is 4.16. The van der Waals surface area contributed by atoms with Gasteiger partial charge in [0.05, 0.1) is 11.7 Å². The lowest BCUT2D eigenvalue weighted by Gasteiger charge is -2.17. The molecule has 0 saturated carbocycles. The minimum absolute atomic E-state index is 0.249. The molecule has 1 N–H and O–H groups in total. The fourth-order valence-corrected chi connectivity index (χ4v) is 2.32. The SMILES string of the molecule is CC(Nc1cc(Cl)ccc1F)c1cc(Br)ccc1F. The van der Waals surface area contributed by atoms with Crippen LogP contribution in [0.1, 0.15) is 18.5 Å². The molecule has 0 aliphatic heterocycles. The zero-order chi connectivity index (χ0) is 14.0. The van der Waals surface area contributed by atoms with Crippen molar-refractivity contribution in [3.8, 4) is 0 Å². The molecule has 1 nitrogen and oxygen atoms in total. The van der Waals surface area contributed by atoms with Crippen LogP contribution in [0.5, 0.6) is 0 Å². The standard InChI is InChI=1S/C14H11BrClF2N/c1-8(11-6-9(15)2-4-12(11)17)19-14-7-10(16)3-5-13(14)18/h2-8,19H,1H3. The number of rotatable bonds is 3. The van der Waals surface area contributed by atoms with Crippen molar-refractivity contribution in [2.45, 2.75) is 13.0 Å². The Hall–Kier alpha value is -1.13. The van der Waals surface area contributed by atoms with Gasteiger partial charge < -0.3 is 5.32 Å². The van der Waals surface area contributed by atoms with Gasteiger partial charge in [0.25, 0.3) is 0 Å². The van der Waals surface area contributed by atoms with E-state index in [1.807, 2.05) is 0 Å². The quantitative estimate of drug-likeness (QED) is 0.768. The van der Waals surface area contributed by atoms with Crippen LogP contribution in [0, 0.1) is 11.6 Å². The summed E-state index contributed by atoms with van der Waals surface area (Å²) in [4.78, 5) is 0. The first-order valence-corrected chi connectivity index (χ1v) is 6.81. The molecule has 2 aromatic rings. The van der Waals surface area contributed by atoms with E-state index in [1.54, 1.807) is 19.1 Å². The van der Waals surface area contributed by atoms with E-state index in [9.17, 15) is 8.78 Å². The van der Waals surface area contributed by atoms with Crippen molar-refractivity contribution in [1.29, 1.82) is 0 Å². The maximum atomic E-state index is 13.7. The molecule has 0 spiro atoms. The maximum Gasteiger partial charge on any atom is 0.146 e. The summed E-state index contributed by atoms with van der Waals surface area (Å²) in [5.41, 5.74) is 0.702. The highest BCUT2D eigenvalue weighted by Gasteiger charge is 2.13. The summed E-state index contributed by atoms with van der Waals surface area (Å²) >= 11 is 9.10. The Labute approximate surface area is 123 Å². The van der Waals surface area contributed by atoms with Crippen molar-refractivity contribution >= 4 is 33.2 Å². The molecule has 0 amide bonds. The molecule has 2 rings (SSSR count). The Morgan fingerprint density at radius 2 is 1.79 bits per heavy atom. The van der Waals surface area contributed by atoms with Crippen molar-refractivity contribution in [2.24, 2.45) is 0 Å². The first-order valence-electron chi connectivity index (χ1n) is 5.64. The van der Waals surface area contributed by atoms with E-state index < -0.39 is 5.82 Å². The molecule has 100 valence electrons. The van der Waals surface area contributed by atoms with Gasteiger partial charge >= 0.3 is 0 Å². The lowest BCUT2D eigenvalue weighted by molar-refractivity contribution is 0.596. The number of benzene rings is 2. The molecule has 5 heteroatoms. The largest absolute Gasteiger partial charge is 0.376 e. The zero-order valence-corrected chi connectivity index (χ0v) is 12.4. The monoisotopic (exact) mass is 345 g/mol. The third kappa shape index (κ3) is 3.45. The molecule has 0 radical (unpaired) electrons. The number of hydrogen-bond donors (Lipinski definition) is 1. The molecular formula is C14H11BrClF2N. The summed E-state index contributed by atoms with van der Waals surface area (Å²) in [5, 5.41) is 3.34. The van der Waals surface area contributed by atoms with Crippen molar-refractivity contribution in [3.05, 3.63) is 63.1 Å². The van der Waals surface area contributed by atoms with Crippen molar-refractivity contribution in [2.75, 3.05) is 5.32 Å². The Morgan fingerprint density at radius 1 is 1.11 bits per heavy atom. The number of hydrogen-bond acceptors (Lipinski definition) is 1. The van der Waals surface area contributed by atoms with Gasteiger partial charge in [0.1, 0.15) is 11.6 Å². The van der Waals surface area contributed by atoms with E-state index in [1.165, 1.54) is 24.3 Å². The lowest BCUT2D eigenvalue weighted by Crippen LogP contribution is -2.09. The molecule has 0 aliphatic rings. The number of nitrogens with one attached hydrogen (secondary N) is 1. The summed E-state index contributed by atoms with van der Waals surface area (Å²) in [5.74, 6) is -0.766. The van der Waals surface area contributed by atoms with E-state index >= 15 is 0 Å². The van der Waals surface area contributed by atoms with Gasteiger partial charge in [-0.3, -0.25) is 0 Å². The predicted octanol–water partition coefficient (Wildman–Crippen LogP) is 5.55. The van der Waals surface area contributed by atoms with Gasteiger partial charge in [-0.25, -0.2) is 8.78 Å². The van der Waals surface area contributed by atoms with Crippen molar-refractivity contribution in [1.82, 2.24) is 0 Å². The Balaban J connectivity index is 2.27. The topological polar surface area (TPSA) is 12.0 Å². The van der Waals surface area contributed by atoms with Gasteiger partial charge in [-0.2, -0.15) is 0 Å². The van der Waals surface area contributed by atoms with E-state index in [2.05, 4.69) is 21.2 Å². The van der Waals surface area contributed by atoms with E-state index in [0.717, 1.165) is 4.47 Å². The molecule has 19 heavy (non-hydrogen) atoms. The first kappa shape index (κ1) is 14.3. The third-order valence-electron chi connectivity index (χ3n) is 2.72. The molecule has 1 unspecified atom stereocenters. The Morgan fingerprint density at radius 3 is 2.53 bits per heavy atom. The van der Waals surface area contributed by atoms with Gasteiger partial charge in [-0.05, 0) is 43.3 Å². The summed E-state index contributed by atoms with van der Waals surface area (Å²) < 4.78 is 28.1. The third-order valence-corrected chi connectivity index (χ3v) is 3.45. The molecule has 2 aromatic carbocycles. The van der Waals surface area contributed by atoms with Crippen LogP contribution in [0.2, 0.25) is 5.02 Å². The van der Waals surface area contributed by atoms with Crippen LogP contribution in [0.15, 0.2) is 40.9 Å². The van der Waals surface area contributed by atoms with Gasteiger partial charge in [0.2, 0.25) is 0 Å². The molecule has 0 aliphatic carbocycles. The Bertz CT molecular complexity index is 604. The van der Waals surface area contributed by atoms with Gasteiger partial charge in [-0.1, -0.05) is 27.5 Å². The second kappa shape index (κ2) is 5.88. The Kier molecular flexibility index (Phi) is 4.42. The molecule has 1 atom stereocenters. The number of anilines is 1. The fourth-order valence-electron chi connectivity index (χ4n) is 1.77. The predicted molar refractivity (Wildman–Crippen MR) is 77.5 cm³/mol. The normalized spacial score (nSPS) is 12.3. The lowest BCUT2D eigenvalue weighted by atomic mass is 10.1. The molecule has 0 heterocycles. The van der Waals surface area contributed by atoms with Gasteiger partial charge in [0, 0.05) is 15.1 Å². The highest BCUT2D eigenvalue weighted by atomic mass is 79.9. The van der Waals surface area contributed by atoms with Gasteiger partial charge in [-0.15, -0.1) is 0 Å². The molecule has 0 aromatic heterocycles. The zero-order valence-electron chi connectivity index (χ0n) is 10.1. The minimum atomic E-state index is -0.424. The van der Waals surface area contributed by atoms with Crippen LogP contribution in [-0.4, -0.2) is 0 Å². The average molecular weight is 347 g/mol. The molecule has 0 bridgehead atoms. The van der Waals surface area contributed by atoms with E-state index in [-0.39, 0.29) is 17.5 Å². The van der Waals surface area contributed by atoms with Crippen molar-refractivity contribution < 1.29 is 8.78 Å². The summed E-state index contributed by atoms with van der Waals surface area (Å²) in [6, 6.07) is 8.47. The summed E-state index contributed by atoms with van der Waals surface area (Å²) in [7, 11) is 0. The smallest absolute Gasteiger partial charge is 0.146 e. The highest BCUT2D eigenvalue weighted by molar-refractivity contribution is 9.10. The van der Waals surface area contributed by atoms with Crippen LogP contribution in [0.3, 0.4) is 0 Å². The molecular weight excluding hydrogens is 336 g/mol. The van der Waals surface area contributed by atoms with Crippen LogP contribution in [0.4, 0.5) is 14.5 Å². The van der Waals surface area contributed by atoms with Crippen LogP contribution in [-0.2, 0) is 0 Å². The van der Waals surface area contributed by atoms with E-state index in [0.29, 0.717) is 10.6 Å². The second-order valence-corrected chi connectivity index (χ2v) is 5.51. The van der Waals surface area contributed by atoms with Crippen LogP contribution >= 0.6 is 27.5 Å². The van der Waals surface area contributed by atoms with Crippen LogP contribution < -0.4 is 5.32 Å².